The number of fused-ring (bicyclic) bond motifs is 2. The molecule has 0 unspecified atom stereocenters. The zero-order valence-electron chi connectivity index (χ0n) is 34.7. The van der Waals surface area contributed by atoms with Crippen LogP contribution in [0.25, 0.3) is 16.9 Å². The number of imide groups is 1. The molecule has 3 aromatic heterocycles. The van der Waals surface area contributed by atoms with Crippen molar-refractivity contribution in [3.05, 3.63) is 94.4 Å². The van der Waals surface area contributed by atoms with E-state index >= 15 is 0 Å². The van der Waals surface area contributed by atoms with E-state index in [0.29, 0.717) is 40.7 Å². The molecular formula is C45H48ClN11O5. The molecule has 2 atom stereocenters. The molecule has 10 rings (SSSR count). The summed E-state index contributed by atoms with van der Waals surface area (Å²) in [6.45, 7) is 5.03. The Balaban J connectivity index is 0.767. The van der Waals surface area contributed by atoms with Gasteiger partial charge in [0.2, 0.25) is 5.91 Å². The summed E-state index contributed by atoms with van der Waals surface area (Å²) in [7, 11) is 3.52. The Labute approximate surface area is 363 Å². The Hall–Kier alpha value is -6.10. The molecule has 3 saturated heterocycles. The van der Waals surface area contributed by atoms with Gasteiger partial charge in [-0.1, -0.05) is 29.8 Å². The highest BCUT2D eigenvalue weighted by Crippen LogP contribution is 2.43. The van der Waals surface area contributed by atoms with Crippen molar-refractivity contribution in [1.82, 2.24) is 40.0 Å². The number of piperidine rings is 1. The molecule has 7 heterocycles. The topological polar surface area (TPSA) is 170 Å². The van der Waals surface area contributed by atoms with Crippen LogP contribution in [0.4, 0.5) is 27.7 Å². The van der Waals surface area contributed by atoms with Crippen LogP contribution in [-0.2, 0) is 22.5 Å². The van der Waals surface area contributed by atoms with E-state index in [1.54, 1.807) is 36.0 Å². The quantitative estimate of drug-likeness (QED) is 0.167. The number of carbonyl (C=O) groups is 4. The zero-order chi connectivity index (χ0) is 42.7. The molecule has 5 aromatic rings. The lowest BCUT2D eigenvalue weighted by Gasteiger charge is -2.54. The molecule has 1 spiro atoms. The number of ether oxygens (including phenoxy) is 1. The highest BCUT2D eigenvalue weighted by Gasteiger charge is 2.45. The van der Waals surface area contributed by atoms with Crippen molar-refractivity contribution in [3.63, 3.8) is 0 Å². The normalized spacial score (nSPS) is 20.8. The maximum Gasteiger partial charge on any atom is 0.328 e. The molecule has 5 aliphatic rings. The first kappa shape index (κ1) is 40.0. The SMILES string of the molecule is CNc1cc(N2CCc3c(-c4ccc(CN5CC6(CCN(C(=O)c7ccc(Cl)c(N8CCC(=O)NC8=O)c7)CC6)C5)cn4)cccc32)nn2c(C(=O)N[C@@H]3CC[C@H]3OC)cnc12. The minimum absolute atomic E-state index is 0.0221. The number of carbonyl (C=O) groups excluding carboxylic acids is 4. The van der Waals surface area contributed by atoms with Crippen molar-refractivity contribution >= 4 is 63.9 Å². The van der Waals surface area contributed by atoms with Gasteiger partial charge in [-0.15, -0.1) is 5.10 Å². The van der Waals surface area contributed by atoms with E-state index in [1.165, 1.54) is 10.5 Å². The standard InChI is InChI=1S/C45H48ClN11O5/c1-47-34-21-39(52-57-37(23-49-41(34)57)42(59)50-33-10-11-38(33)62-2)55-16-12-30-29(4-3-5-35(30)55)32-9-6-27(22-48-32)24-53-25-45(26-53)14-18-54(19-15-45)43(60)28-7-8-31(46)36(20-28)56-17-13-40(58)51-44(56)61/h3-9,20-23,33,38,47H,10-19,24-26H2,1-2H3,(H,50,59)(H,51,58,61)/t33-,38-/m1/s1. The predicted octanol–water partition coefficient (Wildman–Crippen LogP) is 5.27. The predicted molar refractivity (Wildman–Crippen MR) is 234 cm³/mol. The number of hydrogen-bond donors (Lipinski definition) is 3. The maximum atomic E-state index is 13.6. The number of halogens is 1. The summed E-state index contributed by atoms with van der Waals surface area (Å²) >= 11 is 6.43. The minimum atomic E-state index is -0.534. The molecule has 3 N–H and O–H groups in total. The number of hydrogen-bond acceptors (Lipinski definition) is 11. The van der Waals surface area contributed by atoms with Crippen molar-refractivity contribution < 1.29 is 23.9 Å². The molecule has 0 radical (unpaired) electrons. The third kappa shape index (κ3) is 7.18. The fourth-order valence-corrected chi connectivity index (χ4v) is 10.00. The molecule has 2 aromatic carbocycles. The Morgan fingerprint density at radius 2 is 1.76 bits per heavy atom. The van der Waals surface area contributed by atoms with Crippen LogP contribution < -0.4 is 25.8 Å². The van der Waals surface area contributed by atoms with Crippen molar-refractivity contribution in [1.29, 1.82) is 0 Å². The van der Waals surface area contributed by atoms with Crippen molar-refractivity contribution in [2.45, 2.75) is 57.2 Å². The minimum Gasteiger partial charge on any atom is -0.385 e. The first-order valence-electron chi connectivity index (χ1n) is 21.3. The third-order valence-corrected chi connectivity index (χ3v) is 13.7. The average molecular weight is 858 g/mol. The lowest BCUT2D eigenvalue weighted by Crippen LogP contribution is -2.60. The second kappa shape index (κ2) is 16.0. The van der Waals surface area contributed by atoms with Gasteiger partial charge in [0.15, 0.2) is 17.2 Å². The molecule has 0 bridgehead atoms. The second-order valence-corrected chi connectivity index (χ2v) is 17.5. The van der Waals surface area contributed by atoms with Gasteiger partial charge in [-0.3, -0.25) is 34.5 Å². The number of anilines is 4. The smallest absolute Gasteiger partial charge is 0.328 e. The second-order valence-electron chi connectivity index (χ2n) is 17.1. The van der Waals surface area contributed by atoms with Gasteiger partial charge in [0, 0.05) is 95.5 Å². The molecule has 16 nitrogen and oxygen atoms in total. The fourth-order valence-electron chi connectivity index (χ4n) is 9.78. The summed E-state index contributed by atoms with van der Waals surface area (Å²) < 4.78 is 7.12. The Bertz CT molecular complexity index is 2600. The maximum absolute atomic E-state index is 13.6. The Morgan fingerprint density at radius 3 is 2.48 bits per heavy atom. The van der Waals surface area contributed by atoms with E-state index in [4.69, 9.17) is 26.4 Å². The third-order valence-electron chi connectivity index (χ3n) is 13.4. The van der Waals surface area contributed by atoms with Gasteiger partial charge in [0.05, 0.1) is 40.4 Å². The number of benzene rings is 2. The molecule has 1 saturated carbocycles. The average Bonchev–Trinajstić information content (AvgIpc) is 3.90. The zero-order valence-corrected chi connectivity index (χ0v) is 35.5. The summed E-state index contributed by atoms with van der Waals surface area (Å²) in [5.41, 5.74) is 8.27. The van der Waals surface area contributed by atoms with Crippen molar-refractivity contribution in [3.8, 4) is 11.3 Å². The van der Waals surface area contributed by atoms with Gasteiger partial charge in [-0.25, -0.2) is 14.3 Å². The van der Waals surface area contributed by atoms with Gasteiger partial charge in [-0.05, 0) is 79.0 Å². The first-order chi connectivity index (χ1) is 30.1. The van der Waals surface area contributed by atoms with Crippen LogP contribution in [0.2, 0.25) is 5.02 Å². The lowest BCUT2D eigenvalue weighted by atomic mass is 9.72. The molecule has 62 heavy (non-hydrogen) atoms. The van der Waals surface area contributed by atoms with E-state index in [-0.39, 0.29) is 48.2 Å². The summed E-state index contributed by atoms with van der Waals surface area (Å²) in [4.78, 5) is 68.5. The molecule has 5 amide bonds. The number of urea groups is 1. The van der Waals surface area contributed by atoms with Gasteiger partial charge < -0.3 is 25.2 Å². The van der Waals surface area contributed by atoms with E-state index in [1.807, 2.05) is 24.2 Å². The molecule has 1 aliphatic carbocycles. The lowest BCUT2D eigenvalue weighted by molar-refractivity contribution is -0.120. The number of rotatable bonds is 10. The largest absolute Gasteiger partial charge is 0.385 e. The number of likely N-dealkylation sites (tertiary alicyclic amines) is 2. The summed E-state index contributed by atoms with van der Waals surface area (Å²) in [5.74, 6) is 0.0872. The summed E-state index contributed by atoms with van der Waals surface area (Å²) in [6.07, 6.45) is 8.23. The van der Waals surface area contributed by atoms with Crippen LogP contribution in [0.15, 0.2) is 67.0 Å². The Kier molecular flexibility index (Phi) is 10.3. The summed E-state index contributed by atoms with van der Waals surface area (Å²) in [5, 5.41) is 14.0. The van der Waals surface area contributed by atoms with Crippen molar-refractivity contribution in [2.24, 2.45) is 5.41 Å². The molecule has 4 fully saturated rings. The Morgan fingerprint density at radius 1 is 0.935 bits per heavy atom. The monoisotopic (exact) mass is 857 g/mol. The van der Waals surface area contributed by atoms with Crippen LogP contribution in [0, 0.1) is 5.41 Å². The fraction of sp³-hybridized carbons (Fsp3) is 0.400. The molecule has 320 valence electrons. The molecule has 4 aliphatic heterocycles. The van der Waals surface area contributed by atoms with Crippen LogP contribution in [0.3, 0.4) is 0 Å². The van der Waals surface area contributed by atoms with Crippen LogP contribution in [0.5, 0.6) is 0 Å². The van der Waals surface area contributed by atoms with Crippen molar-refractivity contribution in [2.75, 3.05) is 68.5 Å². The first-order valence-corrected chi connectivity index (χ1v) is 21.7. The molecular weight excluding hydrogens is 810 g/mol. The van der Waals surface area contributed by atoms with Gasteiger partial charge >= 0.3 is 6.03 Å². The van der Waals surface area contributed by atoms with Crippen LogP contribution >= 0.6 is 11.6 Å². The van der Waals surface area contributed by atoms with Crippen LogP contribution in [0.1, 0.15) is 64.1 Å². The number of pyridine rings is 1. The van der Waals surface area contributed by atoms with Gasteiger partial charge in [-0.2, -0.15) is 0 Å². The van der Waals surface area contributed by atoms with Gasteiger partial charge in [0.1, 0.15) is 0 Å². The van der Waals surface area contributed by atoms with E-state index in [2.05, 4.69) is 61.1 Å². The highest BCUT2D eigenvalue weighted by atomic mass is 35.5. The van der Waals surface area contributed by atoms with E-state index in [9.17, 15) is 19.2 Å². The van der Waals surface area contributed by atoms with Crippen LogP contribution in [-0.4, -0.2) is 119 Å². The number of methoxy groups -OCH3 is 1. The van der Waals surface area contributed by atoms with Gasteiger partial charge in [0.25, 0.3) is 11.8 Å². The molecule has 17 heteroatoms. The number of aromatic nitrogens is 4. The number of nitrogens with zero attached hydrogens (tertiary/aromatic N) is 8. The highest BCUT2D eigenvalue weighted by molar-refractivity contribution is 6.34. The number of imidazole rings is 1. The van der Waals surface area contributed by atoms with E-state index < -0.39 is 6.03 Å². The summed E-state index contributed by atoms with van der Waals surface area (Å²) in [6, 6.07) is 17.0. The number of nitrogens with one attached hydrogen (secondary N) is 3. The van der Waals surface area contributed by atoms with E-state index in [0.717, 1.165) is 92.3 Å². The number of amides is 5.